The highest BCUT2D eigenvalue weighted by Gasteiger charge is 2.29. The second-order valence-corrected chi connectivity index (χ2v) is 7.96. The lowest BCUT2D eigenvalue weighted by molar-refractivity contribution is 0.375. The van der Waals surface area contributed by atoms with Gasteiger partial charge < -0.3 is 4.52 Å². The number of rotatable bonds is 5. The van der Waals surface area contributed by atoms with Gasteiger partial charge in [0.1, 0.15) is 0 Å². The van der Waals surface area contributed by atoms with Gasteiger partial charge in [-0.3, -0.25) is 9.20 Å². The summed E-state index contributed by atoms with van der Waals surface area (Å²) in [5.74, 6) is 2.63. The Kier molecular flexibility index (Phi) is 3.73. The number of thiazole rings is 1. The van der Waals surface area contributed by atoms with Gasteiger partial charge in [-0.1, -0.05) is 5.16 Å². The van der Waals surface area contributed by atoms with Crippen LogP contribution in [0.25, 0.3) is 4.96 Å². The van der Waals surface area contributed by atoms with Crippen LogP contribution in [0.15, 0.2) is 20.8 Å². The number of aromatic nitrogens is 4. The first-order valence-electron chi connectivity index (χ1n) is 7.53. The van der Waals surface area contributed by atoms with Crippen LogP contribution in [0.2, 0.25) is 0 Å². The Balaban J connectivity index is 1.48. The van der Waals surface area contributed by atoms with Crippen molar-refractivity contribution in [2.24, 2.45) is 0 Å². The molecule has 23 heavy (non-hydrogen) atoms. The van der Waals surface area contributed by atoms with Crippen LogP contribution in [0.4, 0.5) is 0 Å². The van der Waals surface area contributed by atoms with E-state index in [1.807, 2.05) is 19.2 Å². The average Bonchev–Trinajstić information content (AvgIpc) is 3.14. The van der Waals surface area contributed by atoms with Crippen molar-refractivity contribution in [2.75, 3.05) is 0 Å². The third-order valence-corrected chi connectivity index (χ3v) is 5.97. The third-order valence-electron chi connectivity index (χ3n) is 3.86. The summed E-state index contributed by atoms with van der Waals surface area (Å²) in [6.45, 7) is 3.95. The van der Waals surface area contributed by atoms with E-state index in [0.29, 0.717) is 17.6 Å². The highest BCUT2D eigenvalue weighted by atomic mass is 32.2. The van der Waals surface area contributed by atoms with Gasteiger partial charge in [0.05, 0.1) is 10.9 Å². The smallest absolute Gasteiger partial charge is 0.258 e. The summed E-state index contributed by atoms with van der Waals surface area (Å²) in [4.78, 5) is 21.9. The van der Waals surface area contributed by atoms with Gasteiger partial charge >= 0.3 is 0 Å². The highest BCUT2D eigenvalue weighted by molar-refractivity contribution is 7.98. The van der Waals surface area contributed by atoms with E-state index in [1.165, 1.54) is 11.3 Å². The van der Waals surface area contributed by atoms with Crippen LogP contribution in [0.3, 0.4) is 0 Å². The Morgan fingerprint density at radius 1 is 1.48 bits per heavy atom. The zero-order chi connectivity index (χ0) is 16.0. The number of hydrogen-bond donors (Lipinski definition) is 0. The lowest BCUT2D eigenvalue weighted by Crippen LogP contribution is -2.14. The SMILES string of the molecule is Cc1csc2nc(CS[C@H](C)c3nc(C4CC4)no3)cc(=O)n12. The Bertz CT molecular complexity index is 910. The molecule has 8 heteroatoms. The molecular weight excluding hydrogens is 332 g/mol. The first-order chi connectivity index (χ1) is 11.1. The number of hydrogen-bond acceptors (Lipinski definition) is 7. The maximum atomic E-state index is 12.2. The van der Waals surface area contributed by atoms with E-state index in [1.54, 1.807) is 22.2 Å². The first-order valence-corrected chi connectivity index (χ1v) is 9.46. The van der Waals surface area contributed by atoms with Crippen LogP contribution in [-0.2, 0) is 5.75 Å². The Hall–Kier alpha value is -1.67. The van der Waals surface area contributed by atoms with Crippen LogP contribution < -0.4 is 5.56 Å². The zero-order valence-electron chi connectivity index (χ0n) is 12.9. The van der Waals surface area contributed by atoms with Gasteiger partial charge in [0.25, 0.3) is 5.56 Å². The lowest BCUT2D eigenvalue weighted by atomic mass is 10.4. The van der Waals surface area contributed by atoms with E-state index in [9.17, 15) is 4.79 Å². The number of fused-ring (bicyclic) bond motifs is 1. The molecule has 0 aromatic carbocycles. The molecule has 0 amide bonds. The van der Waals surface area contributed by atoms with E-state index < -0.39 is 0 Å². The minimum atomic E-state index is -0.0224. The van der Waals surface area contributed by atoms with E-state index >= 15 is 0 Å². The van der Waals surface area contributed by atoms with Gasteiger partial charge in [-0.15, -0.1) is 23.1 Å². The zero-order valence-corrected chi connectivity index (χ0v) is 14.5. The fourth-order valence-electron chi connectivity index (χ4n) is 2.38. The molecule has 6 nitrogen and oxygen atoms in total. The third kappa shape index (κ3) is 2.92. The van der Waals surface area contributed by atoms with Crippen molar-refractivity contribution in [3.8, 4) is 0 Å². The van der Waals surface area contributed by atoms with Gasteiger partial charge in [0, 0.05) is 28.8 Å². The second kappa shape index (κ2) is 5.76. The van der Waals surface area contributed by atoms with Crippen LogP contribution >= 0.6 is 23.1 Å². The van der Waals surface area contributed by atoms with Gasteiger partial charge in [-0.25, -0.2) is 4.98 Å². The molecular formula is C15H16N4O2S2. The fourth-order valence-corrected chi connectivity index (χ4v) is 4.07. The standard InChI is InChI=1S/C15H16N4O2S2/c1-8-6-23-15-16-11(5-12(20)19(8)15)7-22-9(2)14-17-13(18-21-14)10-3-4-10/h5-6,9-10H,3-4,7H2,1-2H3/t9-/m1/s1. The summed E-state index contributed by atoms with van der Waals surface area (Å²) in [5.41, 5.74) is 1.69. The largest absolute Gasteiger partial charge is 0.338 e. The molecule has 120 valence electrons. The van der Waals surface area contributed by atoms with E-state index in [4.69, 9.17) is 4.52 Å². The summed E-state index contributed by atoms with van der Waals surface area (Å²) in [6, 6.07) is 1.61. The molecule has 0 spiro atoms. The van der Waals surface area contributed by atoms with Gasteiger partial charge in [0.2, 0.25) is 5.89 Å². The van der Waals surface area contributed by atoms with Gasteiger partial charge in [-0.2, -0.15) is 4.98 Å². The molecule has 0 aliphatic heterocycles. The summed E-state index contributed by atoms with van der Waals surface area (Å²) >= 11 is 3.14. The van der Waals surface area contributed by atoms with Crippen molar-refractivity contribution in [3.05, 3.63) is 44.9 Å². The minimum Gasteiger partial charge on any atom is -0.338 e. The van der Waals surface area contributed by atoms with Crippen molar-refractivity contribution >= 4 is 28.1 Å². The predicted octanol–water partition coefficient (Wildman–Crippen LogP) is 3.32. The molecule has 0 saturated heterocycles. The second-order valence-electron chi connectivity index (χ2n) is 5.80. The molecule has 1 aliphatic carbocycles. The molecule has 0 unspecified atom stereocenters. The monoisotopic (exact) mass is 348 g/mol. The van der Waals surface area contributed by atoms with Crippen molar-refractivity contribution in [3.63, 3.8) is 0 Å². The fraction of sp³-hybridized carbons (Fsp3) is 0.467. The molecule has 0 radical (unpaired) electrons. The molecule has 1 saturated carbocycles. The van der Waals surface area contributed by atoms with Crippen LogP contribution in [0, 0.1) is 6.92 Å². The Morgan fingerprint density at radius 3 is 3.09 bits per heavy atom. The van der Waals surface area contributed by atoms with Crippen molar-refractivity contribution in [1.29, 1.82) is 0 Å². The van der Waals surface area contributed by atoms with Crippen molar-refractivity contribution in [1.82, 2.24) is 19.5 Å². The summed E-state index contributed by atoms with van der Waals surface area (Å²) in [6.07, 6.45) is 2.32. The molecule has 1 fully saturated rings. The topological polar surface area (TPSA) is 73.3 Å². The summed E-state index contributed by atoms with van der Waals surface area (Å²) in [5, 5.41) is 6.07. The molecule has 3 aromatic heterocycles. The van der Waals surface area contributed by atoms with Crippen LogP contribution in [0.5, 0.6) is 0 Å². The van der Waals surface area contributed by atoms with Crippen molar-refractivity contribution < 1.29 is 4.52 Å². The number of nitrogens with zero attached hydrogens (tertiary/aromatic N) is 4. The van der Waals surface area contributed by atoms with Crippen LogP contribution in [0.1, 0.15) is 54.0 Å². The minimum absolute atomic E-state index is 0.0224. The molecule has 0 N–H and O–H groups in total. The summed E-state index contributed by atoms with van der Waals surface area (Å²) < 4.78 is 6.99. The quantitative estimate of drug-likeness (QED) is 0.704. The van der Waals surface area contributed by atoms with E-state index in [-0.39, 0.29) is 10.8 Å². The van der Waals surface area contributed by atoms with E-state index in [0.717, 1.165) is 35.0 Å². The maximum Gasteiger partial charge on any atom is 0.258 e. The van der Waals surface area contributed by atoms with Crippen LogP contribution in [-0.4, -0.2) is 19.5 Å². The molecule has 1 atom stereocenters. The maximum absolute atomic E-state index is 12.2. The molecule has 0 bridgehead atoms. The Labute approximate surface area is 140 Å². The van der Waals surface area contributed by atoms with Gasteiger partial charge in [0.15, 0.2) is 10.8 Å². The molecule has 3 heterocycles. The molecule has 3 aromatic rings. The number of thioether (sulfide) groups is 1. The Morgan fingerprint density at radius 2 is 2.30 bits per heavy atom. The first kappa shape index (κ1) is 14.9. The van der Waals surface area contributed by atoms with Gasteiger partial charge in [-0.05, 0) is 26.7 Å². The average molecular weight is 348 g/mol. The number of aryl methyl sites for hydroxylation is 1. The highest BCUT2D eigenvalue weighted by Crippen LogP contribution is 2.39. The normalized spacial score (nSPS) is 16.1. The molecule has 4 rings (SSSR count). The molecule has 1 aliphatic rings. The lowest BCUT2D eigenvalue weighted by Gasteiger charge is -2.06. The predicted molar refractivity (Wildman–Crippen MR) is 90.1 cm³/mol. The van der Waals surface area contributed by atoms with Crippen molar-refractivity contribution in [2.45, 2.75) is 43.6 Å². The van der Waals surface area contributed by atoms with E-state index in [2.05, 4.69) is 15.1 Å². The summed E-state index contributed by atoms with van der Waals surface area (Å²) in [7, 11) is 0.